The number of carbonyl (C=O) groups excluding carboxylic acids is 2. The van der Waals surface area contributed by atoms with Gasteiger partial charge in [0.15, 0.2) is 6.10 Å². The van der Waals surface area contributed by atoms with Crippen molar-refractivity contribution in [2.75, 3.05) is 19.8 Å². The summed E-state index contributed by atoms with van der Waals surface area (Å²) in [5.41, 5.74) is 0. The third-order valence-corrected chi connectivity index (χ3v) is 12.5. The maximum atomic E-state index is 12.8. The number of hydrogen-bond acceptors (Lipinski definition) is 5. The lowest BCUT2D eigenvalue weighted by molar-refractivity contribution is -0.163. The van der Waals surface area contributed by atoms with E-state index in [1.807, 2.05) is 0 Å². The van der Waals surface area contributed by atoms with Crippen molar-refractivity contribution >= 4 is 11.9 Å². The standard InChI is InChI=1S/C57H108O5/c1-4-7-10-13-16-19-22-25-27-28-29-31-34-37-40-43-46-49-52-60-53-55(62-57(59)51-48-45-42-39-36-32-24-21-18-15-12-9-6-3)54-61-56(58)50-47-44-41-38-35-33-30-26-23-20-17-14-11-8-5-2/h21,24,26,30,55H,4-20,22-23,25,27-29,31-54H2,1-3H3/b24-21-,30-26-. The quantitative estimate of drug-likeness (QED) is 0.0346. The van der Waals surface area contributed by atoms with E-state index >= 15 is 0 Å². The predicted molar refractivity (Wildman–Crippen MR) is 270 cm³/mol. The molecule has 0 bridgehead atoms. The fourth-order valence-corrected chi connectivity index (χ4v) is 8.27. The highest BCUT2D eigenvalue weighted by Crippen LogP contribution is 2.16. The zero-order valence-electron chi connectivity index (χ0n) is 42.2. The van der Waals surface area contributed by atoms with Gasteiger partial charge >= 0.3 is 11.9 Å². The molecule has 0 fully saturated rings. The lowest BCUT2D eigenvalue weighted by Gasteiger charge is -2.18. The Labute approximate surface area is 387 Å². The fourth-order valence-electron chi connectivity index (χ4n) is 8.27. The van der Waals surface area contributed by atoms with E-state index in [2.05, 4.69) is 45.1 Å². The molecule has 1 unspecified atom stereocenters. The molecule has 0 saturated heterocycles. The SMILES string of the molecule is CCCCCC/C=C\CCCCCCCC(=O)OC(COCCCCCCCCCCCCCCCCCCCC)COC(=O)CCCCCCC/C=C\CCCCCCCC. The Morgan fingerprint density at radius 3 is 1.00 bits per heavy atom. The van der Waals surface area contributed by atoms with Gasteiger partial charge in [0, 0.05) is 19.4 Å². The molecule has 5 nitrogen and oxygen atoms in total. The Kier molecular flexibility index (Phi) is 52.3. The second kappa shape index (κ2) is 53.7. The Morgan fingerprint density at radius 2 is 0.629 bits per heavy atom. The van der Waals surface area contributed by atoms with E-state index in [-0.39, 0.29) is 25.2 Å². The number of hydrogen-bond donors (Lipinski definition) is 0. The minimum absolute atomic E-state index is 0.0842. The van der Waals surface area contributed by atoms with E-state index in [4.69, 9.17) is 14.2 Å². The number of allylic oxidation sites excluding steroid dienone is 4. The maximum Gasteiger partial charge on any atom is 0.306 e. The molecule has 62 heavy (non-hydrogen) atoms. The van der Waals surface area contributed by atoms with E-state index in [0.717, 1.165) is 57.8 Å². The molecule has 0 spiro atoms. The Bertz CT molecular complexity index is 943. The van der Waals surface area contributed by atoms with E-state index in [1.165, 1.54) is 212 Å². The van der Waals surface area contributed by atoms with Crippen molar-refractivity contribution in [1.29, 1.82) is 0 Å². The van der Waals surface area contributed by atoms with Gasteiger partial charge in [0.1, 0.15) is 6.61 Å². The van der Waals surface area contributed by atoms with Crippen LogP contribution in [0.3, 0.4) is 0 Å². The normalized spacial score (nSPS) is 12.2. The summed E-state index contributed by atoms with van der Waals surface area (Å²) in [7, 11) is 0. The molecular weight excluding hydrogens is 765 g/mol. The van der Waals surface area contributed by atoms with Crippen molar-refractivity contribution in [2.24, 2.45) is 0 Å². The lowest BCUT2D eigenvalue weighted by Crippen LogP contribution is -2.30. The van der Waals surface area contributed by atoms with Crippen LogP contribution in [0.4, 0.5) is 0 Å². The molecule has 0 aliphatic rings. The first-order valence-electron chi connectivity index (χ1n) is 27.9. The second-order valence-electron chi connectivity index (χ2n) is 18.8. The molecule has 5 heteroatoms. The molecule has 366 valence electrons. The van der Waals surface area contributed by atoms with Crippen molar-refractivity contribution in [3.05, 3.63) is 24.3 Å². The average molecular weight is 873 g/mol. The molecule has 0 N–H and O–H groups in total. The van der Waals surface area contributed by atoms with E-state index in [9.17, 15) is 9.59 Å². The largest absolute Gasteiger partial charge is 0.462 e. The Hall–Kier alpha value is -1.62. The molecular formula is C57H108O5. The Morgan fingerprint density at radius 1 is 0.339 bits per heavy atom. The first-order valence-corrected chi connectivity index (χ1v) is 27.9. The first kappa shape index (κ1) is 60.4. The van der Waals surface area contributed by atoms with Gasteiger partial charge in [0.05, 0.1) is 6.61 Å². The van der Waals surface area contributed by atoms with Gasteiger partial charge in [-0.2, -0.15) is 0 Å². The summed E-state index contributed by atoms with van der Waals surface area (Å²) in [4.78, 5) is 25.4. The molecule has 0 rings (SSSR count). The van der Waals surface area contributed by atoms with Crippen LogP contribution in [-0.4, -0.2) is 37.9 Å². The summed E-state index contributed by atoms with van der Waals surface area (Å²) in [5.74, 6) is -0.399. The molecule has 0 aliphatic heterocycles. The molecule has 1 atom stereocenters. The summed E-state index contributed by atoms with van der Waals surface area (Å²) in [6.07, 6.45) is 63.3. The second-order valence-corrected chi connectivity index (χ2v) is 18.8. The summed E-state index contributed by atoms with van der Waals surface area (Å²) in [6, 6.07) is 0. The van der Waals surface area contributed by atoms with Gasteiger partial charge < -0.3 is 14.2 Å². The number of esters is 2. The summed E-state index contributed by atoms with van der Waals surface area (Å²) in [6.45, 7) is 7.85. The zero-order valence-corrected chi connectivity index (χ0v) is 42.2. The van der Waals surface area contributed by atoms with E-state index in [1.54, 1.807) is 0 Å². The van der Waals surface area contributed by atoms with Crippen molar-refractivity contribution < 1.29 is 23.8 Å². The maximum absolute atomic E-state index is 12.8. The highest BCUT2D eigenvalue weighted by Gasteiger charge is 2.17. The van der Waals surface area contributed by atoms with Crippen LogP contribution in [0.15, 0.2) is 24.3 Å². The van der Waals surface area contributed by atoms with Crippen LogP contribution < -0.4 is 0 Å². The van der Waals surface area contributed by atoms with Crippen LogP contribution in [0.25, 0.3) is 0 Å². The minimum Gasteiger partial charge on any atom is -0.462 e. The molecule has 0 saturated carbocycles. The van der Waals surface area contributed by atoms with Gasteiger partial charge in [0.2, 0.25) is 0 Å². The van der Waals surface area contributed by atoms with Crippen molar-refractivity contribution in [3.8, 4) is 0 Å². The third kappa shape index (κ3) is 51.0. The van der Waals surface area contributed by atoms with E-state index in [0.29, 0.717) is 19.4 Å². The van der Waals surface area contributed by atoms with Crippen LogP contribution in [0, 0.1) is 0 Å². The van der Waals surface area contributed by atoms with Crippen LogP contribution >= 0.6 is 0 Å². The van der Waals surface area contributed by atoms with Gasteiger partial charge in [-0.1, -0.05) is 244 Å². The molecule has 0 amide bonds. The monoisotopic (exact) mass is 873 g/mol. The molecule has 0 aromatic rings. The third-order valence-electron chi connectivity index (χ3n) is 12.5. The van der Waals surface area contributed by atoms with Gasteiger partial charge in [-0.05, 0) is 70.6 Å². The van der Waals surface area contributed by atoms with Gasteiger partial charge in [-0.15, -0.1) is 0 Å². The molecule has 0 aromatic heterocycles. The number of ether oxygens (including phenoxy) is 3. The number of rotatable bonds is 52. The van der Waals surface area contributed by atoms with Crippen LogP contribution in [0.1, 0.15) is 303 Å². The summed E-state index contributed by atoms with van der Waals surface area (Å²) < 4.78 is 17.4. The Balaban J connectivity index is 4.22. The van der Waals surface area contributed by atoms with Crippen molar-refractivity contribution in [2.45, 2.75) is 309 Å². The summed E-state index contributed by atoms with van der Waals surface area (Å²) in [5, 5.41) is 0. The lowest BCUT2D eigenvalue weighted by atomic mass is 10.0. The summed E-state index contributed by atoms with van der Waals surface area (Å²) >= 11 is 0. The predicted octanol–water partition coefficient (Wildman–Crippen LogP) is 18.8. The molecule has 0 aliphatic carbocycles. The fraction of sp³-hybridized carbons (Fsp3) is 0.895. The average Bonchev–Trinajstić information content (AvgIpc) is 3.27. The van der Waals surface area contributed by atoms with Crippen molar-refractivity contribution in [1.82, 2.24) is 0 Å². The highest BCUT2D eigenvalue weighted by molar-refractivity contribution is 5.70. The zero-order chi connectivity index (χ0) is 44.9. The number of carbonyl (C=O) groups is 2. The molecule has 0 radical (unpaired) electrons. The molecule has 0 aromatic carbocycles. The van der Waals surface area contributed by atoms with Crippen molar-refractivity contribution in [3.63, 3.8) is 0 Å². The number of unbranched alkanes of at least 4 members (excludes halogenated alkanes) is 37. The topological polar surface area (TPSA) is 61.8 Å². The van der Waals surface area contributed by atoms with Crippen LogP contribution in [-0.2, 0) is 23.8 Å². The van der Waals surface area contributed by atoms with Crippen LogP contribution in [0.2, 0.25) is 0 Å². The van der Waals surface area contributed by atoms with Gasteiger partial charge in [-0.3, -0.25) is 9.59 Å². The van der Waals surface area contributed by atoms with Gasteiger partial charge in [-0.25, -0.2) is 0 Å². The first-order chi connectivity index (χ1) is 30.6. The van der Waals surface area contributed by atoms with Crippen LogP contribution in [0.5, 0.6) is 0 Å². The highest BCUT2D eigenvalue weighted by atomic mass is 16.6. The van der Waals surface area contributed by atoms with Gasteiger partial charge in [0.25, 0.3) is 0 Å². The van der Waals surface area contributed by atoms with E-state index < -0.39 is 6.10 Å². The minimum atomic E-state index is -0.537. The smallest absolute Gasteiger partial charge is 0.306 e. The molecule has 0 heterocycles.